The lowest BCUT2D eigenvalue weighted by atomic mass is 9.87. The summed E-state index contributed by atoms with van der Waals surface area (Å²) >= 11 is 3.58. The van der Waals surface area contributed by atoms with Crippen molar-refractivity contribution in [2.45, 2.75) is 32.6 Å². The summed E-state index contributed by atoms with van der Waals surface area (Å²) in [6.45, 7) is 7.59. The molecule has 5 nitrogen and oxygen atoms in total. The molecule has 3 N–H and O–H groups in total. The molecule has 0 aliphatic rings. The number of benzene rings is 3. The lowest BCUT2D eigenvalue weighted by Gasteiger charge is -2.20. The van der Waals surface area contributed by atoms with Crippen molar-refractivity contribution >= 4 is 39.0 Å². The van der Waals surface area contributed by atoms with Gasteiger partial charge in [-0.2, -0.15) is 0 Å². The van der Waals surface area contributed by atoms with Crippen molar-refractivity contribution in [1.82, 2.24) is 5.32 Å². The van der Waals surface area contributed by atoms with Gasteiger partial charge in [0.1, 0.15) is 5.75 Å². The Bertz CT molecular complexity index is 1020. The summed E-state index contributed by atoms with van der Waals surface area (Å²) in [5, 5.41) is 9.02. The number of ether oxygens (including phenoxy) is 1. The van der Waals surface area contributed by atoms with Crippen molar-refractivity contribution in [3.05, 3.63) is 82.8 Å². The number of nitrogens with one attached hydrogen (secondary N) is 3. The maximum atomic E-state index is 12.1. The van der Waals surface area contributed by atoms with Crippen LogP contribution in [0.4, 0.5) is 21.9 Å². The minimum Gasteiger partial charge on any atom is -0.492 e. The molecule has 0 aromatic heterocycles. The molecule has 0 radical (unpaired) electrons. The number of hydrogen-bond donors (Lipinski definition) is 3. The van der Waals surface area contributed by atoms with E-state index in [2.05, 4.69) is 64.8 Å². The number of para-hydroxylation sites is 1. The highest BCUT2D eigenvalue weighted by Gasteiger charge is 2.15. The fraction of sp³-hybridized carbons (Fsp3) is 0.269. The molecule has 0 saturated carbocycles. The largest absolute Gasteiger partial charge is 0.492 e. The van der Waals surface area contributed by atoms with Crippen molar-refractivity contribution in [2.75, 3.05) is 23.8 Å². The molecule has 3 rings (SSSR count). The SMILES string of the molecule is CC(C)(C)c1ccc(OCCCNC(=O)Nc2ccc(Nc3ccccc3)cc2)c(Br)c1. The van der Waals surface area contributed by atoms with Crippen LogP contribution in [-0.2, 0) is 5.41 Å². The van der Waals surface area contributed by atoms with Gasteiger partial charge in [0.2, 0.25) is 0 Å². The van der Waals surface area contributed by atoms with E-state index in [4.69, 9.17) is 4.74 Å². The van der Waals surface area contributed by atoms with Gasteiger partial charge < -0.3 is 20.7 Å². The minimum absolute atomic E-state index is 0.0943. The normalized spacial score (nSPS) is 11.0. The fourth-order valence-corrected chi connectivity index (χ4v) is 3.53. The first kappa shape index (κ1) is 23.7. The van der Waals surface area contributed by atoms with E-state index in [1.165, 1.54) is 5.56 Å². The van der Waals surface area contributed by atoms with Crippen molar-refractivity contribution < 1.29 is 9.53 Å². The molecule has 32 heavy (non-hydrogen) atoms. The second-order valence-electron chi connectivity index (χ2n) is 8.55. The number of anilines is 3. The Morgan fingerprint density at radius 2 is 1.56 bits per heavy atom. The van der Waals surface area contributed by atoms with Gasteiger partial charge in [-0.05, 0) is 81.9 Å². The average Bonchev–Trinajstić information content (AvgIpc) is 2.76. The molecule has 0 bridgehead atoms. The second-order valence-corrected chi connectivity index (χ2v) is 9.40. The van der Waals surface area contributed by atoms with Crippen LogP contribution in [0.2, 0.25) is 0 Å². The third kappa shape index (κ3) is 7.31. The van der Waals surface area contributed by atoms with E-state index in [9.17, 15) is 4.79 Å². The van der Waals surface area contributed by atoms with E-state index in [-0.39, 0.29) is 11.4 Å². The molecule has 0 spiro atoms. The Kier molecular flexibility index (Phi) is 8.17. The topological polar surface area (TPSA) is 62.4 Å². The number of hydrogen-bond acceptors (Lipinski definition) is 3. The van der Waals surface area contributed by atoms with Crippen LogP contribution in [0.3, 0.4) is 0 Å². The molecule has 0 unspecified atom stereocenters. The van der Waals surface area contributed by atoms with Crippen LogP contribution in [0.15, 0.2) is 77.3 Å². The molecule has 2 amide bonds. The fourth-order valence-electron chi connectivity index (χ4n) is 3.04. The van der Waals surface area contributed by atoms with Crippen molar-refractivity contribution in [2.24, 2.45) is 0 Å². The second kappa shape index (κ2) is 11.0. The van der Waals surface area contributed by atoms with Gasteiger partial charge in [-0.1, -0.05) is 45.0 Å². The van der Waals surface area contributed by atoms with Gasteiger partial charge in [0.05, 0.1) is 11.1 Å². The number of urea groups is 1. The zero-order chi connectivity index (χ0) is 23.0. The maximum Gasteiger partial charge on any atom is 0.319 e. The first-order valence-corrected chi connectivity index (χ1v) is 11.5. The van der Waals surface area contributed by atoms with E-state index in [0.29, 0.717) is 19.6 Å². The van der Waals surface area contributed by atoms with Crippen LogP contribution in [-0.4, -0.2) is 19.2 Å². The van der Waals surface area contributed by atoms with E-state index in [0.717, 1.165) is 27.3 Å². The molecule has 0 atom stereocenters. The minimum atomic E-state index is -0.232. The molecular weight excluding hydrogens is 466 g/mol. The summed E-state index contributed by atoms with van der Waals surface area (Å²) in [5.41, 5.74) is 4.06. The smallest absolute Gasteiger partial charge is 0.319 e. The molecule has 168 valence electrons. The first-order chi connectivity index (χ1) is 15.3. The van der Waals surface area contributed by atoms with Gasteiger partial charge in [-0.15, -0.1) is 0 Å². The van der Waals surface area contributed by atoms with Crippen LogP contribution >= 0.6 is 15.9 Å². The Morgan fingerprint density at radius 3 is 2.22 bits per heavy atom. The standard InChI is InChI=1S/C26H30BrN3O2/c1-26(2,3)19-10-15-24(23(27)18-19)32-17-7-16-28-25(31)30-22-13-11-21(12-14-22)29-20-8-5-4-6-9-20/h4-6,8-15,18,29H,7,16-17H2,1-3H3,(H2,28,30,31). The van der Waals surface area contributed by atoms with Crippen molar-refractivity contribution in [3.8, 4) is 5.75 Å². The number of halogens is 1. The Labute approximate surface area is 198 Å². The van der Waals surface area contributed by atoms with Crippen molar-refractivity contribution in [3.63, 3.8) is 0 Å². The number of carbonyl (C=O) groups excluding carboxylic acids is 1. The molecule has 0 heterocycles. The molecule has 0 saturated heterocycles. The van der Waals surface area contributed by atoms with Gasteiger partial charge in [0.25, 0.3) is 0 Å². The third-order valence-electron chi connectivity index (χ3n) is 4.87. The number of rotatable bonds is 8. The molecule has 6 heteroatoms. The van der Waals surface area contributed by atoms with Crippen LogP contribution in [0.1, 0.15) is 32.8 Å². The Balaban J connectivity index is 1.36. The predicted molar refractivity (Wildman–Crippen MR) is 136 cm³/mol. The highest BCUT2D eigenvalue weighted by Crippen LogP contribution is 2.31. The molecule has 0 fully saturated rings. The van der Waals surface area contributed by atoms with Gasteiger partial charge >= 0.3 is 6.03 Å². The predicted octanol–water partition coefficient (Wildman–Crippen LogP) is 7.08. The lowest BCUT2D eigenvalue weighted by Crippen LogP contribution is -2.30. The summed E-state index contributed by atoms with van der Waals surface area (Å²) in [6.07, 6.45) is 0.709. The number of amides is 2. The summed E-state index contributed by atoms with van der Waals surface area (Å²) < 4.78 is 6.79. The molecule has 0 aliphatic carbocycles. The average molecular weight is 496 g/mol. The third-order valence-corrected chi connectivity index (χ3v) is 5.49. The summed E-state index contributed by atoms with van der Waals surface area (Å²) in [6, 6.07) is 23.5. The van der Waals surface area contributed by atoms with E-state index in [1.54, 1.807) is 0 Å². The zero-order valence-corrected chi connectivity index (χ0v) is 20.3. The van der Waals surface area contributed by atoms with Gasteiger partial charge in [0, 0.05) is 23.6 Å². The zero-order valence-electron chi connectivity index (χ0n) is 18.7. The van der Waals surface area contributed by atoms with Crippen molar-refractivity contribution in [1.29, 1.82) is 0 Å². The molecule has 0 aliphatic heterocycles. The van der Waals surface area contributed by atoms with Gasteiger partial charge in [-0.25, -0.2) is 4.79 Å². The maximum absolute atomic E-state index is 12.1. The van der Waals surface area contributed by atoms with Crippen LogP contribution < -0.4 is 20.7 Å². The van der Waals surface area contributed by atoms with Crippen LogP contribution in [0, 0.1) is 0 Å². The van der Waals surface area contributed by atoms with Gasteiger partial charge in [0.15, 0.2) is 0 Å². The van der Waals surface area contributed by atoms with E-state index >= 15 is 0 Å². The van der Waals surface area contributed by atoms with Crippen LogP contribution in [0.25, 0.3) is 0 Å². The van der Waals surface area contributed by atoms with Gasteiger partial charge in [-0.3, -0.25) is 0 Å². The number of carbonyl (C=O) groups is 1. The highest BCUT2D eigenvalue weighted by atomic mass is 79.9. The first-order valence-electron chi connectivity index (χ1n) is 10.7. The van der Waals surface area contributed by atoms with E-state index in [1.807, 2.05) is 60.7 Å². The molecule has 3 aromatic rings. The summed E-state index contributed by atoms with van der Waals surface area (Å²) in [7, 11) is 0. The van der Waals surface area contributed by atoms with Crippen LogP contribution in [0.5, 0.6) is 5.75 Å². The monoisotopic (exact) mass is 495 g/mol. The quantitative estimate of drug-likeness (QED) is 0.292. The Hall–Kier alpha value is -2.99. The Morgan fingerprint density at radius 1 is 0.906 bits per heavy atom. The molecule has 3 aromatic carbocycles. The lowest BCUT2D eigenvalue weighted by molar-refractivity contribution is 0.250. The highest BCUT2D eigenvalue weighted by molar-refractivity contribution is 9.10. The summed E-state index contributed by atoms with van der Waals surface area (Å²) in [5.74, 6) is 0.812. The summed E-state index contributed by atoms with van der Waals surface area (Å²) in [4.78, 5) is 12.1. The molecular formula is C26H30BrN3O2. The van der Waals surface area contributed by atoms with E-state index < -0.39 is 0 Å².